The molecular weight excluding hydrogens is 1250 g/mol. The Labute approximate surface area is 529 Å². The van der Waals surface area contributed by atoms with Gasteiger partial charge in [-0.2, -0.15) is 10.0 Å². The lowest BCUT2D eigenvalue weighted by molar-refractivity contribution is 0.101. The summed E-state index contributed by atoms with van der Waals surface area (Å²) in [5, 5.41) is 45.3. The molecule has 12 aromatic rings. The Hall–Kier alpha value is -10.6. The first kappa shape index (κ1) is 60.3. The van der Waals surface area contributed by atoms with Crippen LogP contribution in [0.2, 0.25) is 0 Å². The highest BCUT2D eigenvalue weighted by atomic mass is 32.1. The van der Waals surface area contributed by atoms with E-state index >= 15 is 0 Å². The van der Waals surface area contributed by atoms with Crippen molar-refractivity contribution >= 4 is 68.8 Å². The van der Waals surface area contributed by atoms with Gasteiger partial charge in [0.05, 0.1) is 38.8 Å². The van der Waals surface area contributed by atoms with Crippen molar-refractivity contribution in [2.75, 3.05) is 16.0 Å². The Morgan fingerprint density at radius 2 is 0.859 bits per heavy atom. The van der Waals surface area contributed by atoms with Crippen LogP contribution in [0.4, 0.5) is 43.4 Å². The summed E-state index contributed by atoms with van der Waals surface area (Å²) in [4.78, 5) is 55.5. The highest BCUT2D eigenvalue weighted by Crippen LogP contribution is 2.42. The van der Waals surface area contributed by atoms with Crippen LogP contribution in [0.25, 0.3) is 65.5 Å². The van der Waals surface area contributed by atoms with E-state index in [0.29, 0.717) is 36.7 Å². The van der Waals surface area contributed by atoms with E-state index in [1.807, 2.05) is 54.6 Å². The molecule has 92 heavy (non-hydrogen) atoms. The van der Waals surface area contributed by atoms with Crippen LogP contribution in [0.15, 0.2) is 109 Å². The van der Waals surface area contributed by atoms with Crippen LogP contribution in [0, 0.1) is 34.9 Å². The molecule has 3 aliphatic carbocycles. The minimum absolute atomic E-state index is 0.153. The second kappa shape index (κ2) is 25.7. The van der Waals surface area contributed by atoms with Gasteiger partial charge in [0.15, 0.2) is 20.8 Å². The third kappa shape index (κ3) is 12.4. The number of carbonyl (C=O) groups is 3. The predicted molar refractivity (Wildman–Crippen MR) is 330 cm³/mol. The third-order valence-electron chi connectivity index (χ3n) is 15.2. The summed E-state index contributed by atoms with van der Waals surface area (Å²) in [5.74, 6) is -5.33. The Morgan fingerprint density at radius 1 is 0.467 bits per heavy atom. The van der Waals surface area contributed by atoms with Crippen LogP contribution in [0.3, 0.4) is 0 Å². The lowest BCUT2D eigenvalue weighted by Gasteiger charge is -2.08. The molecule has 15 rings (SSSR count). The fourth-order valence-corrected chi connectivity index (χ4v) is 13.9. The number of hydrogen-bond acceptors (Lipinski definition) is 18. The number of halogens is 6. The van der Waals surface area contributed by atoms with Crippen molar-refractivity contribution < 1.29 is 40.7 Å². The molecule has 0 radical (unpaired) electrons. The van der Waals surface area contributed by atoms with Crippen LogP contribution >= 0.6 is 34.0 Å². The lowest BCUT2D eigenvalue weighted by atomic mass is 10.0. The number of aromatic nitrogens is 15. The zero-order chi connectivity index (χ0) is 63.7. The van der Waals surface area contributed by atoms with Crippen LogP contribution in [0.1, 0.15) is 82.4 Å². The number of fused-ring (bicyclic) bond motifs is 9. The summed E-state index contributed by atoms with van der Waals surface area (Å²) >= 11 is 3.63. The number of anilines is 3. The van der Waals surface area contributed by atoms with Gasteiger partial charge in [-0.15, -0.1) is 59.5 Å². The highest BCUT2D eigenvalue weighted by molar-refractivity contribution is 7.18. The summed E-state index contributed by atoms with van der Waals surface area (Å²) in [6, 6.07) is 28.2. The van der Waals surface area contributed by atoms with Crippen molar-refractivity contribution in [3.8, 4) is 65.5 Å². The minimum Gasteiger partial charge on any atom is -0.315 e. The zero-order valence-corrected chi connectivity index (χ0v) is 50.7. The molecule has 3 amide bonds. The van der Waals surface area contributed by atoms with Crippen LogP contribution < -0.4 is 16.0 Å². The number of thiazole rings is 3. The van der Waals surface area contributed by atoms with Gasteiger partial charge in [-0.1, -0.05) is 54.6 Å². The SMILES string of the molecule is Cn1nnc(-c2ccc3c(c2)-c2sc(C(=O)Nc4c(F)cccc4F)nc2CCC3)n1.Cn1nnnc1-c1ccc2c(c1)-c1sc(C(=O)Nc3c(F)cccc3F)nc1CCC2.O=C(Nc1c(F)cccc1F)c1nc2c(s1)-c1cc(-c3nn[nH]n3)ccc1CCC2. The monoisotopic (exact) mass is 1300 g/mol. The quantitative estimate of drug-likeness (QED) is 0.0979. The molecule has 30 heteroatoms. The van der Waals surface area contributed by atoms with Gasteiger partial charge in [0.25, 0.3) is 17.7 Å². The maximum absolute atomic E-state index is 13.9. The molecule has 462 valence electrons. The first-order valence-electron chi connectivity index (χ1n) is 28.5. The zero-order valence-electron chi connectivity index (χ0n) is 48.2. The smallest absolute Gasteiger partial charge is 0.284 e. The number of hydrogen-bond donors (Lipinski definition) is 4. The second-order valence-electron chi connectivity index (χ2n) is 21.2. The summed E-state index contributed by atoms with van der Waals surface area (Å²) in [6.45, 7) is 0. The Bertz CT molecular complexity index is 4770. The van der Waals surface area contributed by atoms with E-state index < -0.39 is 69.7 Å². The number of aromatic amines is 1. The fraction of sp³-hybridized carbons (Fsp3) is 0.177. The van der Waals surface area contributed by atoms with Crippen LogP contribution in [0.5, 0.6) is 0 Å². The Balaban J connectivity index is 0.000000126. The molecule has 0 aliphatic heterocycles. The molecule has 4 N–H and O–H groups in total. The topological polar surface area (TPSA) is 268 Å². The highest BCUT2D eigenvalue weighted by Gasteiger charge is 2.28. The van der Waals surface area contributed by atoms with Gasteiger partial charge in [-0.25, -0.2) is 46.0 Å². The van der Waals surface area contributed by atoms with Crippen molar-refractivity contribution in [2.45, 2.75) is 57.8 Å². The van der Waals surface area contributed by atoms with Crippen LogP contribution in [-0.2, 0) is 52.6 Å². The van der Waals surface area contributed by atoms with Gasteiger partial charge < -0.3 is 16.0 Å². The molecule has 6 aromatic heterocycles. The van der Waals surface area contributed by atoms with Gasteiger partial charge in [-0.3, -0.25) is 14.4 Å². The molecule has 0 spiro atoms. The first-order valence-corrected chi connectivity index (χ1v) is 30.9. The summed E-state index contributed by atoms with van der Waals surface area (Å²) < 4.78 is 85.1. The van der Waals surface area contributed by atoms with E-state index in [4.69, 9.17) is 0 Å². The number of rotatable bonds is 9. The summed E-state index contributed by atoms with van der Waals surface area (Å²) in [5.41, 5.74) is 9.74. The normalized spacial score (nSPS) is 12.7. The molecule has 0 saturated heterocycles. The third-order valence-corrected chi connectivity index (χ3v) is 18.6. The largest absolute Gasteiger partial charge is 0.315 e. The molecule has 6 heterocycles. The number of tetrazole rings is 3. The molecule has 0 fully saturated rings. The van der Waals surface area contributed by atoms with Crippen molar-refractivity contribution in [3.05, 3.63) is 193 Å². The van der Waals surface area contributed by atoms with Crippen molar-refractivity contribution in [1.82, 2.24) is 76.0 Å². The molecule has 6 aromatic carbocycles. The standard InChI is InChI=1S/2C21H16F2N6OS.C20H14F2N6OS/c1-29-19(26-27-28-29)12-9-8-11-4-2-7-16-18(13(11)10-12)31-21(24-16)20(30)25-17-14(22)5-3-6-15(17)23;1-29-27-19(26-28-29)12-9-8-11-4-2-7-16-18(13(11)10-12)31-21(24-16)20(30)25-17-14(22)5-3-6-15(17)23;21-13-4-2-5-14(22)16(13)24-19(29)20-23-15-6-1-3-10-7-8-11(18-25-27-28-26-18)9-12(10)17(15)30-20/h2*3,5-6,8-10H,2,4,7H2,1H3,(H,25,30);2,4-5,7-9H,1,3,6H2,(H,24,29)(H,25,26,27,28). The van der Waals surface area contributed by atoms with Gasteiger partial charge in [0.1, 0.15) is 52.0 Å². The molecule has 3 aliphatic rings. The summed E-state index contributed by atoms with van der Waals surface area (Å²) in [6.07, 6.45) is 7.43. The number of carbonyl (C=O) groups excluding carboxylic acids is 3. The van der Waals surface area contributed by atoms with Gasteiger partial charge >= 0.3 is 0 Å². The Kier molecular flexibility index (Phi) is 16.9. The number of nitrogens with one attached hydrogen (secondary N) is 4. The number of H-pyrrole nitrogens is 1. The van der Waals surface area contributed by atoms with Crippen molar-refractivity contribution in [1.29, 1.82) is 0 Å². The molecule has 21 nitrogen and oxygen atoms in total. The van der Waals surface area contributed by atoms with E-state index in [1.165, 1.54) is 57.0 Å². The molecule has 0 unspecified atom stereocenters. The number of benzene rings is 6. The molecular formula is C62H46F6N18O3S3. The van der Waals surface area contributed by atoms with E-state index in [0.717, 1.165) is 157 Å². The average Bonchev–Trinajstić information content (AvgIpc) is 1.72. The van der Waals surface area contributed by atoms with E-state index in [9.17, 15) is 40.7 Å². The Morgan fingerprint density at radius 3 is 1.22 bits per heavy atom. The molecule has 0 saturated carbocycles. The summed E-state index contributed by atoms with van der Waals surface area (Å²) in [7, 11) is 3.47. The lowest BCUT2D eigenvalue weighted by Crippen LogP contribution is -2.14. The van der Waals surface area contributed by atoms with E-state index in [2.05, 4.69) is 82.5 Å². The average molecular weight is 1300 g/mol. The van der Waals surface area contributed by atoms with Gasteiger partial charge in [-0.05, 0) is 167 Å². The van der Waals surface area contributed by atoms with Crippen molar-refractivity contribution in [2.24, 2.45) is 14.1 Å². The number of nitrogens with zero attached hydrogens (tertiary/aromatic N) is 14. The van der Waals surface area contributed by atoms with E-state index in [-0.39, 0.29) is 15.0 Å². The van der Waals surface area contributed by atoms with E-state index in [1.54, 1.807) is 18.8 Å². The maximum Gasteiger partial charge on any atom is 0.284 e. The van der Waals surface area contributed by atoms with Crippen LogP contribution in [-0.4, -0.2) is 93.7 Å². The number of para-hydroxylation sites is 3. The second-order valence-corrected chi connectivity index (χ2v) is 24.2. The molecule has 0 atom stereocenters. The number of amides is 3. The van der Waals surface area contributed by atoms with Crippen molar-refractivity contribution in [3.63, 3.8) is 0 Å². The van der Waals surface area contributed by atoms with Gasteiger partial charge in [0.2, 0.25) is 11.6 Å². The molecule has 0 bridgehead atoms. The number of aryl methyl sites for hydroxylation is 8. The predicted octanol–water partition coefficient (Wildman–Crippen LogP) is 12.0. The minimum atomic E-state index is -0.837. The fourth-order valence-electron chi connectivity index (χ4n) is 10.8. The first-order chi connectivity index (χ1) is 44.6. The van der Waals surface area contributed by atoms with Gasteiger partial charge in [0, 0.05) is 23.7 Å². The maximum atomic E-state index is 13.9.